The van der Waals surface area contributed by atoms with Gasteiger partial charge in [0.05, 0.1) is 0 Å². The van der Waals surface area contributed by atoms with E-state index in [1.807, 2.05) is 19.2 Å². The van der Waals surface area contributed by atoms with Crippen LogP contribution in [0.25, 0.3) is 11.5 Å². The van der Waals surface area contributed by atoms with E-state index in [0.29, 0.717) is 5.92 Å². The summed E-state index contributed by atoms with van der Waals surface area (Å²) in [6.07, 6.45) is 5.92. The second-order valence-electron chi connectivity index (χ2n) is 6.75. The monoisotopic (exact) mass is 333 g/mol. The van der Waals surface area contributed by atoms with E-state index in [-0.39, 0.29) is 0 Å². The summed E-state index contributed by atoms with van der Waals surface area (Å²) in [6, 6.07) is 12.7. The highest BCUT2D eigenvalue weighted by atomic mass is 15.1. The van der Waals surface area contributed by atoms with Crippen molar-refractivity contribution in [3.8, 4) is 11.5 Å². The third-order valence-corrected chi connectivity index (χ3v) is 4.73. The topological polar surface area (TPSA) is 57.7 Å². The van der Waals surface area contributed by atoms with Crippen molar-refractivity contribution in [1.82, 2.24) is 24.8 Å². The van der Waals surface area contributed by atoms with E-state index in [1.165, 1.54) is 12.0 Å². The summed E-state index contributed by atoms with van der Waals surface area (Å²) < 4.78 is 0. The Hall–Kier alpha value is -2.53. The Balaban J connectivity index is 1.53. The van der Waals surface area contributed by atoms with Gasteiger partial charge < -0.3 is 4.98 Å². The van der Waals surface area contributed by atoms with Gasteiger partial charge in [-0.25, -0.2) is 15.0 Å². The largest absolute Gasteiger partial charge is 0.343 e. The van der Waals surface area contributed by atoms with E-state index in [1.54, 1.807) is 6.20 Å². The zero-order valence-electron chi connectivity index (χ0n) is 14.5. The minimum atomic E-state index is 0.381. The maximum atomic E-state index is 4.81. The van der Waals surface area contributed by atoms with Gasteiger partial charge in [0, 0.05) is 37.1 Å². The molecule has 5 nitrogen and oxygen atoms in total. The fourth-order valence-corrected chi connectivity index (χ4v) is 3.55. The maximum absolute atomic E-state index is 4.81. The first kappa shape index (κ1) is 16.0. The number of hydrogen-bond donors (Lipinski definition) is 1. The van der Waals surface area contributed by atoms with Gasteiger partial charge in [-0.05, 0) is 37.9 Å². The molecular weight excluding hydrogens is 310 g/mol. The van der Waals surface area contributed by atoms with Crippen molar-refractivity contribution in [2.75, 3.05) is 13.1 Å². The quantitative estimate of drug-likeness (QED) is 0.793. The second kappa shape index (κ2) is 7.15. The van der Waals surface area contributed by atoms with Crippen molar-refractivity contribution in [3.05, 3.63) is 65.9 Å². The minimum Gasteiger partial charge on any atom is -0.343 e. The first-order chi connectivity index (χ1) is 12.3. The molecule has 1 aliphatic heterocycles. The number of hydrogen-bond acceptors (Lipinski definition) is 4. The van der Waals surface area contributed by atoms with Crippen LogP contribution in [-0.2, 0) is 6.54 Å². The molecule has 1 atom stereocenters. The molecule has 5 heteroatoms. The maximum Gasteiger partial charge on any atom is 0.156 e. The molecule has 0 spiro atoms. The summed E-state index contributed by atoms with van der Waals surface area (Å²) in [4.78, 5) is 19.5. The number of piperidine rings is 1. The SMILES string of the molecule is Cc1cc(-c2ncc[nH]2)nc([C@@H]2CCCN(Cc3ccccc3)C2)n1. The third kappa shape index (κ3) is 3.77. The molecule has 1 aromatic carbocycles. The molecule has 0 radical (unpaired) electrons. The molecule has 1 saturated heterocycles. The highest BCUT2D eigenvalue weighted by Crippen LogP contribution is 2.27. The molecule has 1 N–H and O–H groups in total. The number of nitrogens with one attached hydrogen (secondary N) is 1. The normalized spacial score (nSPS) is 18.4. The van der Waals surface area contributed by atoms with Crippen LogP contribution >= 0.6 is 0 Å². The molecule has 0 aliphatic carbocycles. The van der Waals surface area contributed by atoms with Gasteiger partial charge in [0.15, 0.2) is 5.82 Å². The van der Waals surface area contributed by atoms with E-state index in [9.17, 15) is 0 Å². The van der Waals surface area contributed by atoms with Crippen molar-refractivity contribution in [2.24, 2.45) is 0 Å². The van der Waals surface area contributed by atoms with Crippen LogP contribution in [0.2, 0.25) is 0 Å². The molecular formula is C20H23N5. The average molecular weight is 333 g/mol. The molecule has 2 aromatic heterocycles. The first-order valence-corrected chi connectivity index (χ1v) is 8.89. The summed E-state index contributed by atoms with van der Waals surface area (Å²) in [5.74, 6) is 2.14. The number of imidazole rings is 1. The number of H-pyrrole nitrogens is 1. The molecule has 0 saturated carbocycles. The molecule has 3 heterocycles. The number of rotatable bonds is 4. The van der Waals surface area contributed by atoms with Crippen LogP contribution in [0.15, 0.2) is 48.8 Å². The van der Waals surface area contributed by atoms with Gasteiger partial charge >= 0.3 is 0 Å². The van der Waals surface area contributed by atoms with E-state index < -0.39 is 0 Å². The standard InChI is InChI=1S/C20H23N5/c1-15-12-18(20-21-9-10-22-20)24-19(23-15)17-8-5-11-25(14-17)13-16-6-3-2-4-7-16/h2-4,6-7,9-10,12,17H,5,8,11,13-14H2,1H3,(H,21,22)/t17-/m1/s1. The molecule has 3 aromatic rings. The fourth-order valence-electron chi connectivity index (χ4n) is 3.55. The first-order valence-electron chi connectivity index (χ1n) is 8.89. The van der Waals surface area contributed by atoms with Crippen molar-refractivity contribution >= 4 is 0 Å². The van der Waals surface area contributed by atoms with Crippen LogP contribution in [0, 0.1) is 6.92 Å². The number of likely N-dealkylation sites (tertiary alicyclic amines) is 1. The van der Waals surface area contributed by atoms with E-state index in [0.717, 1.165) is 49.1 Å². The smallest absolute Gasteiger partial charge is 0.156 e. The Kier molecular flexibility index (Phi) is 4.57. The Morgan fingerprint density at radius 2 is 2.08 bits per heavy atom. The van der Waals surface area contributed by atoms with Gasteiger partial charge in [0.1, 0.15) is 11.5 Å². The lowest BCUT2D eigenvalue weighted by Crippen LogP contribution is -2.34. The van der Waals surface area contributed by atoms with Gasteiger partial charge in [-0.3, -0.25) is 4.90 Å². The van der Waals surface area contributed by atoms with E-state index in [4.69, 9.17) is 9.97 Å². The molecule has 1 aliphatic rings. The van der Waals surface area contributed by atoms with Crippen LogP contribution in [-0.4, -0.2) is 37.9 Å². The predicted molar refractivity (Wildman–Crippen MR) is 98.0 cm³/mol. The van der Waals surface area contributed by atoms with Crippen molar-refractivity contribution in [3.63, 3.8) is 0 Å². The second-order valence-corrected chi connectivity index (χ2v) is 6.75. The number of aromatic nitrogens is 4. The lowest BCUT2D eigenvalue weighted by Gasteiger charge is -2.32. The highest BCUT2D eigenvalue weighted by Gasteiger charge is 2.24. The van der Waals surface area contributed by atoms with Gasteiger partial charge in [-0.15, -0.1) is 0 Å². The lowest BCUT2D eigenvalue weighted by atomic mass is 9.96. The molecule has 0 bridgehead atoms. The summed E-state index contributed by atoms with van der Waals surface area (Å²) in [5, 5.41) is 0. The Morgan fingerprint density at radius 1 is 1.20 bits per heavy atom. The summed E-state index contributed by atoms with van der Waals surface area (Å²) >= 11 is 0. The van der Waals surface area contributed by atoms with E-state index in [2.05, 4.69) is 45.2 Å². The van der Waals surface area contributed by atoms with Gasteiger partial charge in [-0.1, -0.05) is 30.3 Å². The summed E-state index contributed by atoms with van der Waals surface area (Å²) in [6.45, 7) is 5.18. The van der Waals surface area contributed by atoms with Crippen molar-refractivity contribution < 1.29 is 0 Å². The van der Waals surface area contributed by atoms with Crippen LogP contribution < -0.4 is 0 Å². The fraction of sp³-hybridized carbons (Fsp3) is 0.350. The van der Waals surface area contributed by atoms with Crippen molar-refractivity contribution in [2.45, 2.75) is 32.2 Å². The highest BCUT2D eigenvalue weighted by molar-refractivity contribution is 5.49. The number of aromatic amines is 1. The predicted octanol–water partition coefficient (Wildman–Crippen LogP) is 3.55. The van der Waals surface area contributed by atoms with Crippen LogP contribution in [0.4, 0.5) is 0 Å². The number of aryl methyl sites for hydroxylation is 1. The van der Waals surface area contributed by atoms with Crippen molar-refractivity contribution in [1.29, 1.82) is 0 Å². The van der Waals surface area contributed by atoms with Gasteiger partial charge in [-0.2, -0.15) is 0 Å². The Morgan fingerprint density at radius 3 is 2.88 bits per heavy atom. The van der Waals surface area contributed by atoms with Crippen LogP contribution in [0.5, 0.6) is 0 Å². The third-order valence-electron chi connectivity index (χ3n) is 4.73. The van der Waals surface area contributed by atoms with Gasteiger partial charge in [0.2, 0.25) is 0 Å². The number of nitrogens with zero attached hydrogens (tertiary/aromatic N) is 4. The average Bonchev–Trinajstić information content (AvgIpc) is 3.17. The lowest BCUT2D eigenvalue weighted by molar-refractivity contribution is 0.196. The van der Waals surface area contributed by atoms with E-state index >= 15 is 0 Å². The Bertz CT molecular complexity index is 813. The summed E-state index contributed by atoms with van der Waals surface area (Å²) in [7, 11) is 0. The molecule has 1 fully saturated rings. The molecule has 128 valence electrons. The van der Waals surface area contributed by atoms with Gasteiger partial charge in [0.25, 0.3) is 0 Å². The Labute approximate surface area is 148 Å². The van der Waals surface area contributed by atoms with Crippen LogP contribution in [0.3, 0.4) is 0 Å². The molecule has 0 amide bonds. The summed E-state index contributed by atoms with van der Waals surface area (Å²) in [5.41, 5.74) is 3.24. The molecule has 4 rings (SSSR count). The number of benzene rings is 1. The minimum absolute atomic E-state index is 0.381. The molecule has 25 heavy (non-hydrogen) atoms. The molecule has 0 unspecified atom stereocenters. The van der Waals surface area contributed by atoms with Crippen LogP contribution in [0.1, 0.15) is 35.8 Å². The zero-order chi connectivity index (χ0) is 17.1. The zero-order valence-corrected chi connectivity index (χ0v) is 14.5.